The number of amides is 2. The summed E-state index contributed by atoms with van der Waals surface area (Å²) in [7, 11) is 0. The number of nitrogens with one attached hydrogen (secondary N) is 2. The molecule has 0 saturated heterocycles. The molecular formula is C16H16ClN3O3. The maximum atomic E-state index is 11.7. The van der Waals surface area contributed by atoms with E-state index in [0.717, 1.165) is 5.76 Å². The second-order valence-corrected chi connectivity index (χ2v) is 5.08. The number of hydrogen-bond acceptors (Lipinski definition) is 4. The smallest absolute Gasteiger partial charge is 0.319 e. The predicted molar refractivity (Wildman–Crippen MR) is 86.2 cm³/mol. The number of hydrogen-bond donors (Lipinski definition) is 2. The van der Waals surface area contributed by atoms with E-state index in [1.165, 1.54) is 6.07 Å². The fourth-order valence-corrected chi connectivity index (χ4v) is 2.03. The minimum absolute atomic E-state index is 0.302. The third-order valence-electron chi connectivity index (χ3n) is 2.92. The van der Waals surface area contributed by atoms with E-state index in [1.54, 1.807) is 24.5 Å². The molecule has 0 unspecified atom stereocenters. The normalized spacial score (nSPS) is 10.1. The van der Waals surface area contributed by atoms with Crippen LogP contribution in [-0.2, 0) is 11.3 Å². The van der Waals surface area contributed by atoms with Crippen LogP contribution in [0.5, 0.6) is 0 Å². The molecule has 1 aromatic carbocycles. The molecule has 0 atom stereocenters. The average Bonchev–Trinajstić information content (AvgIpc) is 3.04. The molecule has 0 radical (unpaired) electrons. The maximum absolute atomic E-state index is 11.7. The Morgan fingerprint density at radius 1 is 1.39 bits per heavy atom. The van der Waals surface area contributed by atoms with E-state index >= 15 is 0 Å². The molecular weight excluding hydrogens is 318 g/mol. The number of ether oxygens (including phenoxy) is 1. The lowest BCUT2D eigenvalue weighted by molar-refractivity contribution is 0.104. The van der Waals surface area contributed by atoms with Gasteiger partial charge in [0.1, 0.15) is 18.4 Å². The average molecular weight is 334 g/mol. The van der Waals surface area contributed by atoms with E-state index in [0.29, 0.717) is 42.5 Å². The van der Waals surface area contributed by atoms with Crippen LogP contribution in [0.25, 0.3) is 0 Å². The van der Waals surface area contributed by atoms with E-state index in [4.69, 9.17) is 26.0 Å². The third kappa shape index (κ3) is 5.66. The second-order valence-electron chi connectivity index (χ2n) is 4.67. The van der Waals surface area contributed by atoms with Crippen molar-refractivity contribution in [3.8, 4) is 6.07 Å². The zero-order valence-electron chi connectivity index (χ0n) is 12.3. The molecule has 2 N–H and O–H groups in total. The maximum Gasteiger partial charge on any atom is 0.319 e. The fourth-order valence-electron chi connectivity index (χ4n) is 1.80. The number of rotatable bonds is 7. The van der Waals surface area contributed by atoms with Crippen molar-refractivity contribution in [3.05, 3.63) is 52.9 Å². The molecule has 0 fully saturated rings. The van der Waals surface area contributed by atoms with Crippen molar-refractivity contribution in [1.29, 1.82) is 5.26 Å². The molecule has 0 aliphatic rings. The van der Waals surface area contributed by atoms with Gasteiger partial charge in [0, 0.05) is 18.8 Å². The van der Waals surface area contributed by atoms with E-state index in [9.17, 15) is 4.79 Å². The van der Waals surface area contributed by atoms with Crippen molar-refractivity contribution in [1.82, 2.24) is 5.32 Å². The molecule has 0 aliphatic carbocycles. The summed E-state index contributed by atoms with van der Waals surface area (Å²) in [6.45, 7) is 1.42. The Morgan fingerprint density at radius 3 is 2.96 bits per heavy atom. The number of carbonyl (C=O) groups is 1. The van der Waals surface area contributed by atoms with Gasteiger partial charge in [-0.05, 0) is 36.8 Å². The molecule has 2 aromatic rings. The summed E-state index contributed by atoms with van der Waals surface area (Å²) in [6.07, 6.45) is 2.28. The van der Waals surface area contributed by atoms with Gasteiger partial charge >= 0.3 is 6.03 Å². The lowest BCUT2D eigenvalue weighted by atomic mass is 10.2. The van der Waals surface area contributed by atoms with Gasteiger partial charge in [-0.1, -0.05) is 11.6 Å². The molecule has 0 aliphatic heterocycles. The zero-order chi connectivity index (χ0) is 16.5. The van der Waals surface area contributed by atoms with Gasteiger partial charge < -0.3 is 19.8 Å². The third-order valence-corrected chi connectivity index (χ3v) is 3.24. The Kier molecular flexibility index (Phi) is 6.48. The molecule has 120 valence electrons. The SMILES string of the molecule is N#Cc1ccc(NC(=O)NCCCOCc2ccco2)cc1Cl. The number of carbonyl (C=O) groups excluding carboxylic acids is 1. The van der Waals surface area contributed by atoms with Crippen LogP contribution < -0.4 is 10.6 Å². The highest BCUT2D eigenvalue weighted by atomic mass is 35.5. The molecule has 0 saturated carbocycles. The molecule has 23 heavy (non-hydrogen) atoms. The number of halogens is 1. The summed E-state index contributed by atoms with van der Waals surface area (Å²) in [6, 6.07) is 9.98. The number of nitrogens with zero attached hydrogens (tertiary/aromatic N) is 1. The first-order chi connectivity index (χ1) is 11.2. The lowest BCUT2D eigenvalue weighted by Crippen LogP contribution is -2.30. The van der Waals surface area contributed by atoms with Crippen molar-refractivity contribution < 1.29 is 13.9 Å². The predicted octanol–water partition coefficient (Wildman–Crippen LogP) is 3.53. The molecule has 2 amide bonds. The minimum Gasteiger partial charge on any atom is -0.467 e. The van der Waals surface area contributed by atoms with Gasteiger partial charge in [0.2, 0.25) is 0 Å². The second kappa shape index (κ2) is 8.83. The first-order valence-corrected chi connectivity index (χ1v) is 7.41. The molecule has 7 heteroatoms. The number of benzene rings is 1. The van der Waals surface area contributed by atoms with E-state index in [2.05, 4.69) is 10.6 Å². The largest absolute Gasteiger partial charge is 0.467 e. The number of nitriles is 1. The Labute approximate surface area is 139 Å². The molecule has 1 aromatic heterocycles. The number of urea groups is 1. The summed E-state index contributed by atoms with van der Waals surface area (Å²) in [5.74, 6) is 0.772. The first kappa shape index (κ1) is 16.9. The minimum atomic E-state index is -0.336. The Hall–Kier alpha value is -2.49. The van der Waals surface area contributed by atoms with Crippen LogP contribution in [0, 0.1) is 11.3 Å². The topological polar surface area (TPSA) is 87.3 Å². The van der Waals surface area contributed by atoms with Crippen molar-refractivity contribution in [2.45, 2.75) is 13.0 Å². The van der Waals surface area contributed by atoms with Crippen LogP contribution in [0.2, 0.25) is 5.02 Å². The van der Waals surface area contributed by atoms with Gasteiger partial charge in [-0.3, -0.25) is 0 Å². The molecule has 0 spiro atoms. The van der Waals surface area contributed by atoms with Gasteiger partial charge in [0.25, 0.3) is 0 Å². The van der Waals surface area contributed by atoms with Crippen LogP contribution >= 0.6 is 11.6 Å². The van der Waals surface area contributed by atoms with Crippen molar-refractivity contribution in [3.63, 3.8) is 0 Å². The van der Waals surface area contributed by atoms with Crippen molar-refractivity contribution >= 4 is 23.3 Å². The van der Waals surface area contributed by atoms with Gasteiger partial charge in [-0.2, -0.15) is 5.26 Å². The van der Waals surface area contributed by atoms with E-state index in [1.807, 2.05) is 12.1 Å². The van der Waals surface area contributed by atoms with Gasteiger partial charge in [0.05, 0.1) is 16.8 Å². The quantitative estimate of drug-likeness (QED) is 0.759. The van der Waals surface area contributed by atoms with E-state index in [-0.39, 0.29) is 6.03 Å². The molecule has 0 bridgehead atoms. The van der Waals surface area contributed by atoms with Crippen LogP contribution in [0.4, 0.5) is 10.5 Å². The Bertz CT molecular complexity index is 680. The summed E-state index contributed by atoms with van der Waals surface area (Å²) in [4.78, 5) is 11.7. The van der Waals surface area contributed by atoms with Crippen molar-refractivity contribution in [2.24, 2.45) is 0 Å². The Morgan fingerprint density at radius 2 is 2.26 bits per heavy atom. The highest BCUT2D eigenvalue weighted by molar-refractivity contribution is 6.32. The lowest BCUT2D eigenvalue weighted by Gasteiger charge is -2.08. The summed E-state index contributed by atoms with van der Waals surface area (Å²) >= 11 is 5.90. The van der Waals surface area contributed by atoms with Crippen LogP contribution in [-0.4, -0.2) is 19.2 Å². The molecule has 1 heterocycles. The zero-order valence-corrected chi connectivity index (χ0v) is 13.1. The fraction of sp³-hybridized carbons (Fsp3) is 0.250. The van der Waals surface area contributed by atoms with Crippen molar-refractivity contribution in [2.75, 3.05) is 18.5 Å². The van der Waals surface area contributed by atoms with Gasteiger partial charge in [-0.15, -0.1) is 0 Å². The summed E-state index contributed by atoms with van der Waals surface area (Å²) in [5.41, 5.74) is 0.895. The molecule has 2 rings (SSSR count). The first-order valence-electron chi connectivity index (χ1n) is 7.03. The van der Waals surface area contributed by atoms with Crippen LogP contribution in [0.3, 0.4) is 0 Å². The highest BCUT2D eigenvalue weighted by Gasteiger charge is 2.04. The summed E-state index contributed by atoms with van der Waals surface area (Å²) < 4.78 is 10.5. The Balaban J connectivity index is 1.61. The summed E-state index contributed by atoms with van der Waals surface area (Å²) in [5, 5.41) is 14.4. The van der Waals surface area contributed by atoms with Gasteiger partial charge in [-0.25, -0.2) is 4.79 Å². The number of furan rings is 1. The van der Waals surface area contributed by atoms with Crippen LogP contribution in [0.1, 0.15) is 17.7 Å². The van der Waals surface area contributed by atoms with E-state index < -0.39 is 0 Å². The number of anilines is 1. The highest BCUT2D eigenvalue weighted by Crippen LogP contribution is 2.19. The monoisotopic (exact) mass is 333 g/mol. The van der Waals surface area contributed by atoms with Gasteiger partial charge in [0.15, 0.2) is 0 Å². The molecule has 6 nitrogen and oxygen atoms in total. The standard InChI is InChI=1S/C16H16ClN3O3/c17-15-9-13(5-4-12(15)10-18)20-16(21)19-6-2-7-22-11-14-3-1-8-23-14/h1,3-5,8-9H,2,6-7,11H2,(H2,19,20,21). The van der Waals surface area contributed by atoms with Crippen LogP contribution in [0.15, 0.2) is 41.0 Å².